The van der Waals surface area contributed by atoms with Crippen LogP contribution in [0.3, 0.4) is 0 Å². The van der Waals surface area contributed by atoms with Gasteiger partial charge in [0.2, 0.25) is 10.0 Å². The Balaban J connectivity index is 3.97. The van der Waals surface area contributed by atoms with Crippen molar-refractivity contribution in [3.63, 3.8) is 0 Å². The van der Waals surface area contributed by atoms with E-state index in [1.54, 1.807) is 6.92 Å². The lowest BCUT2D eigenvalue weighted by atomic mass is 10.3. The summed E-state index contributed by atoms with van der Waals surface area (Å²) in [6.07, 6.45) is 1.75. The summed E-state index contributed by atoms with van der Waals surface area (Å²) in [7, 11) is -3.23. The van der Waals surface area contributed by atoms with Crippen molar-refractivity contribution in [3.05, 3.63) is 12.7 Å². The monoisotopic (exact) mass is 193 g/mol. The third-order valence-electron chi connectivity index (χ3n) is 1.28. The maximum absolute atomic E-state index is 11.1. The summed E-state index contributed by atoms with van der Waals surface area (Å²) in [6.45, 7) is 5.02. The van der Waals surface area contributed by atoms with Gasteiger partial charge in [-0.25, -0.2) is 13.1 Å². The number of hydrogen-bond acceptors (Lipinski definition) is 3. The molecule has 4 nitrogen and oxygen atoms in total. The first-order valence-electron chi connectivity index (χ1n) is 3.73. The minimum absolute atomic E-state index is 0.0161. The molecule has 12 heavy (non-hydrogen) atoms. The molecule has 0 aliphatic heterocycles. The van der Waals surface area contributed by atoms with Gasteiger partial charge < -0.3 is 5.11 Å². The van der Waals surface area contributed by atoms with E-state index in [4.69, 9.17) is 5.11 Å². The zero-order chi connectivity index (χ0) is 9.61. The lowest BCUT2D eigenvalue weighted by Gasteiger charge is -2.11. The molecule has 0 radical (unpaired) electrons. The minimum Gasteiger partial charge on any atom is -0.396 e. The van der Waals surface area contributed by atoms with Crippen LogP contribution in [0.4, 0.5) is 0 Å². The lowest BCUT2D eigenvalue weighted by Crippen LogP contribution is -2.34. The Morgan fingerprint density at radius 1 is 1.67 bits per heavy atom. The summed E-state index contributed by atoms with van der Waals surface area (Å²) in [5, 5.41) is 8.51. The average molecular weight is 193 g/mol. The molecule has 0 aromatic rings. The van der Waals surface area contributed by atoms with Crippen molar-refractivity contribution in [1.29, 1.82) is 0 Å². The first-order valence-corrected chi connectivity index (χ1v) is 5.39. The van der Waals surface area contributed by atoms with Crippen LogP contribution in [0.2, 0.25) is 0 Å². The van der Waals surface area contributed by atoms with Gasteiger partial charge in [0, 0.05) is 12.6 Å². The summed E-state index contributed by atoms with van der Waals surface area (Å²) in [5.41, 5.74) is 0. The van der Waals surface area contributed by atoms with Gasteiger partial charge in [0.15, 0.2) is 0 Å². The van der Waals surface area contributed by atoms with Gasteiger partial charge in [0.25, 0.3) is 0 Å². The van der Waals surface area contributed by atoms with E-state index in [0.29, 0.717) is 6.42 Å². The van der Waals surface area contributed by atoms with Crippen LogP contribution in [0.15, 0.2) is 12.7 Å². The summed E-state index contributed by atoms with van der Waals surface area (Å²) < 4.78 is 24.5. The number of hydrogen-bond donors (Lipinski definition) is 2. The highest BCUT2D eigenvalue weighted by molar-refractivity contribution is 7.89. The van der Waals surface area contributed by atoms with Crippen molar-refractivity contribution in [2.45, 2.75) is 19.4 Å². The van der Waals surface area contributed by atoms with Crippen molar-refractivity contribution in [3.8, 4) is 0 Å². The van der Waals surface area contributed by atoms with Crippen LogP contribution in [0.25, 0.3) is 0 Å². The van der Waals surface area contributed by atoms with Crippen LogP contribution >= 0.6 is 0 Å². The molecule has 0 aliphatic rings. The van der Waals surface area contributed by atoms with Crippen molar-refractivity contribution < 1.29 is 13.5 Å². The molecule has 5 heteroatoms. The molecular weight excluding hydrogens is 178 g/mol. The van der Waals surface area contributed by atoms with Crippen molar-refractivity contribution >= 4 is 10.0 Å². The fourth-order valence-electron chi connectivity index (χ4n) is 0.762. The Hall–Kier alpha value is -0.390. The molecule has 1 atom stereocenters. The summed E-state index contributed by atoms with van der Waals surface area (Å²) in [5.74, 6) is -0.0806. The largest absolute Gasteiger partial charge is 0.396 e. The van der Waals surface area contributed by atoms with Gasteiger partial charge in [0.1, 0.15) is 0 Å². The van der Waals surface area contributed by atoms with Crippen LogP contribution in [0, 0.1) is 0 Å². The van der Waals surface area contributed by atoms with Gasteiger partial charge in [-0.15, -0.1) is 6.58 Å². The second-order valence-electron chi connectivity index (χ2n) is 2.60. The number of aliphatic hydroxyl groups is 1. The molecule has 0 bridgehead atoms. The number of sulfonamides is 1. The van der Waals surface area contributed by atoms with Gasteiger partial charge in [-0.1, -0.05) is 6.08 Å². The third kappa shape index (κ3) is 5.29. The zero-order valence-electron chi connectivity index (χ0n) is 7.16. The van der Waals surface area contributed by atoms with E-state index < -0.39 is 10.0 Å². The predicted molar refractivity (Wildman–Crippen MR) is 48.3 cm³/mol. The smallest absolute Gasteiger partial charge is 0.215 e. The molecule has 0 aromatic heterocycles. The Kier molecular flexibility index (Phi) is 5.12. The predicted octanol–water partition coefficient (Wildman–Crippen LogP) is -0.137. The van der Waals surface area contributed by atoms with Crippen molar-refractivity contribution in [2.24, 2.45) is 0 Å². The van der Waals surface area contributed by atoms with E-state index in [9.17, 15) is 8.42 Å². The highest BCUT2D eigenvalue weighted by Crippen LogP contribution is 1.93. The Morgan fingerprint density at radius 3 is 2.67 bits per heavy atom. The number of aliphatic hydroxyl groups excluding tert-OH is 1. The van der Waals surface area contributed by atoms with E-state index in [2.05, 4.69) is 11.3 Å². The van der Waals surface area contributed by atoms with E-state index in [1.165, 1.54) is 6.08 Å². The summed E-state index contributed by atoms with van der Waals surface area (Å²) in [6, 6.07) is -0.222. The van der Waals surface area contributed by atoms with Crippen LogP contribution in [0.1, 0.15) is 13.3 Å². The molecule has 0 rings (SSSR count). The molecule has 0 fully saturated rings. The molecule has 0 amide bonds. The first kappa shape index (κ1) is 11.6. The highest BCUT2D eigenvalue weighted by atomic mass is 32.2. The topological polar surface area (TPSA) is 66.4 Å². The van der Waals surface area contributed by atoms with Gasteiger partial charge >= 0.3 is 0 Å². The molecule has 0 saturated carbocycles. The van der Waals surface area contributed by atoms with Gasteiger partial charge in [-0.3, -0.25) is 0 Å². The molecular formula is C7H15NO3S. The van der Waals surface area contributed by atoms with E-state index in [-0.39, 0.29) is 18.4 Å². The quantitative estimate of drug-likeness (QED) is 0.577. The van der Waals surface area contributed by atoms with E-state index in [0.717, 1.165) is 0 Å². The van der Waals surface area contributed by atoms with E-state index in [1.807, 2.05) is 0 Å². The second kappa shape index (κ2) is 5.29. The Bertz CT molecular complexity index is 223. The Labute approximate surface area is 73.3 Å². The Morgan fingerprint density at radius 2 is 2.25 bits per heavy atom. The van der Waals surface area contributed by atoms with Crippen LogP contribution in [-0.4, -0.2) is 31.9 Å². The molecule has 0 saturated heterocycles. The van der Waals surface area contributed by atoms with Crippen molar-refractivity contribution in [1.82, 2.24) is 4.72 Å². The molecule has 0 heterocycles. The lowest BCUT2D eigenvalue weighted by molar-refractivity contribution is 0.275. The van der Waals surface area contributed by atoms with E-state index >= 15 is 0 Å². The average Bonchev–Trinajstić information content (AvgIpc) is 1.85. The summed E-state index contributed by atoms with van der Waals surface area (Å²) in [4.78, 5) is 0. The molecule has 2 N–H and O–H groups in total. The standard InChI is InChI=1S/C7H15NO3S/c1-3-6-12(10,11)8-7(2)4-5-9/h3,7-9H,1,4-6H2,2H3. The van der Waals surface area contributed by atoms with Gasteiger partial charge in [-0.05, 0) is 13.3 Å². The summed E-state index contributed by atoms with van der Waals surface area (Å²) >= 11 is 0. The SMILES string of the molecule is C=CCS(=O)(=O)NC(C)CCO. The first-order chi connectivity index (χ1) is 5.52. The highest BCUT2D eigenvalue weighted by Gasteiger charge is 2.11. The van der Waals surface area contributed by atoms with Gasteiger partial charge in [0.05, 0.1) is 5.75 Å². The van der Waals surface area contributed by atoms with Crippen LogP contribution in [-0.2, 0) is 10.0 Å². The molecule has 1 unspecified atom stereocenters. The zero-order valence-corrected chi connectivity index (χ0v) is 7.97. The molecule has 0 aromatic carbocycles. The van der Waals surface area contributed by atoms with Gasteiger partial charge in [-0.2, -0.15) is 0 Å². The maximum Gasteiger partial charge on any atom is 0.215 e. The number of rotatable bonds is 6. The maximum atomic E-state index is 11.1. The minimum atomic E-state index is -3.23. The molecule has 0 aliphatic carbocycles. The van der Waals surface area contributed by atoms with Crippen LogP contribution < -0.4 is 4.72 Å². The van der Waals surface area contributed by atoms with Crippen LogP contribution in [0.5, 0.6) is 0 Å². The fourth-order valence-corrected chi connectivity index (χ4v) is 1.90. The third-order valence-corrected chi connectivity index (χ3v) is 2.72. The normalized spacial score (nSPS) is 14.2. The second-order valence-corrected chi connectivity index (χ2v) is 4.40. The molecule has 72 valence electrons. The molecule has 0 spiro atoms. The number of nitrogens with one attached hydrogen (secondary N) is 1. The fraction of sp³-hybridized carbons (Fsp3) is 0.714. The van der Waals surface area contributed by atoms with Crippen molar-refractivity contribution in [2.75, 3.05) is 12.4 Å².